The van der Waals surface area contributed by atoms with Crippen molar-refractivity contribution in [1.82, 2.24) is 0 Å². The van der Waals surface area contributed by atoms with Crippen LogP contribution >= 0.6 is 0 Å². The van der Waals surface area contributed by atoms with Crippen molar-refractivity contribution in [1.29, 1.82) is 0 Å². The normalized spacial score (nSPS) is 21.1. The Balaban J connectivity index is 0.000000121. The molecule has 19 heteroatoms. The molecule has 2 saturated carbocycles. The standard InChI is InChI=1S/C51H61NO2.C38H28B2N4O4.C38H38N4O2/c1-27(2)52-45(36-23-29(18-19-48(4,5)6)34-17-16-31(24-35(34)36)49(7,8)9)44-46(53)43(47(44)54)37-20-28(3)40-38-25-32(50(10,11)12)21-30-22-33(51(13,14)15)26-39(41(30)38)42(37)40;1-47-25-15-11-23(12-16-25)39-41-29-7-3-5-21-9-19-27(35(43-39)31(21)29)33-37(45)34(38(33)46)28-20-10-22-6-4-8-30-32(22)36(28)44-40(42-30)24-13-17-26(48-2)18-14-24;1-21-18-22(2)20-38(19-21)40-28-11-7-9-24-13-15-26(34(42-38)30(24)28)32-35(43)31(36(32)44)25-14-12-23-8-6-10-27-29(23)33(25)41-37(39-27)16-4-3-5-17-37/h16-18,21-22,24-26,36,53H,19-20,23H2,1-15H3;3-20,41-43,45H,1-2H3;6-15,21-22,39-40,42-43H,3-5,16-20H2,1-2H3/b29-18-,45-44?;;. The Bertz CT molecular complexity index is 8510. The van der Waals surface area contributed by atoms with Gasteiger partial charge in [0, 0.05) is 83.2 Å². The quantitative estimate of drug-likeness (QED) is 0.0352. The van der Waals surface area contributed by atoms with E-state index in [1.54, 1.807) is 14.2 Å². The van der Waals surface area contributed by atoms with E-state index in [4.69, 9.17) is 24.4 Å². The van der Waals surface area contributed by atoms with Gasteiger partial charge in [-0.2, -0.15) is 0 Å². The highest BCUT2D eigenvalue weighted by atomic mass is 16.5. The van der Waals surface area contributed by atoms with Gasteiger partial charge >= 0.3 is 14.0 Å². The second-order valence-corrected chi connectivity index (χ2v) is 47.3. The van der Waals surface area contributed by atoms with E-state index in [2.05, 4.69) is 226 Å². The first kappa shape index (κ1) is 94.8. The molecule has 0 bridgehead atoms. The van der Waals surface area contributed by atoms with Gasteiger partial charge in [0.25, 0.3) is 0 Å². The van der Waals surface area contributed by atoms with Gasteiger partial charge < -0.3 is 61.3 Å². The molecule has 13 aromatic rings. The number of ether oxygens (including phenoxy) is 2. The largest absolute Gasteiger partial charge is 0.506 e. The Morgan fingerprint density at radius 1 is 0.473 bits per heavy atom. The summed E-state index contributed by atoms with van der Waals surface area (Å²) in [5, 5.41) is 71.8. The lowest BCUT2D eigenvalue weighted by Crippen LogP contribution is -2.53. The van der Waals surface area contributed by atoms with Crippen molar-refractivity contribution in [2.45, 2.75) is 222 Å². The van der Waals surface area contributed by atoms with Crippen molar-refractivity contribution in [2.75, 3.05) is 45.9 Å². The second kappa shape index (κ2) is 34.8. The van der Waals surface area contributed by atoms with E-state index in [0.29, 0.717) is 68.0 Å². The second-order valence-electron chi connectivity index (χ2n) is 47.3. The number of fused-ring (bicyclic) bond motifs is 4. The van der Waals surface area contributed by atoms with E-state index in [0.717, 1.165) is 184 Å². The van der Waals surface area contributed by atoms with Gasteiger partial charge in [0.1, 0.15) is 40.1 Å². The topological polar surface area (TPSA) is 240 Å². The van der Waals surface area contributed by atoms with Crippen molar-refractivity contribution < 1.29 is 39.2 Å². The highest BCUT2D eigenvalue weighted by Crippen LogP contribution is 2.61. The number of aliphatic hydroxyl groups excluding tert-OH is 3. The molecular formula is C127H127B2N9O8. The molecule has 734 valence electrons. The first-order valence-electron chi connectivity index (χ1n) is 52.2. The maximum atomic E-state index is 14.8. The fraction of sp³-hybridized carbons (Fsp3) is 0.307. The number of anilines is 6. The number of aliphatic imine (C=N–C) groups is 1. The smallest absolute Gasteiger partial charge is 0.427 e. The number of benzene rings is 13. The maximum absolute atomic E-state index is 14.8. The average molecular weight is 1930 g/mol. The summed E-state index contributed by atoms with van der Waals surface area (Å²) in [6.07, 6.45) is 13.4. The summed E-state index contributed by atoms with van der Waals surface area (Å²) in [6.45, 7) is 37.4. The van der Waals surface area contributed by atoms with E-state index >= 15 is 0 Å². The minimum atomic E-state index is -0.383. The van der Waals surface area contributed by atoms with E-state index < -0.39 is 0 Å². The molecule has 9 N–H and O–H groups in total. The summed E-state index contributed by atoms with van der Waals surface area (Å²) in [4.78, 5) is 58.9. The van der Waals surface area contributed by atoms with Gasteiger partial charge in [-0.25, -0.2) is 0 Å². The summed E-state index contributed by atoms with van der Waals surface area (Å²) in [5.41, 5.74) is 27.0. The molecule has 0 saturated heterocycles. The number of nitrogens with one attached hydrogen (secondary N) is 6. The number of carbonyl (C=O) groups is 3. The molecule has 3 atom stereocenters. The Morgan fingerprint density at radius 2 is 0.986 bits per heavy atom. The van der Waals surface area contributed by atoms with Crippen LogP contribution in [0.2, 0.25) is 0 Å². The number of Topliss-reactive ketones (excluding diaryl/α,β-unsaturated/α-hetero) is 3. The van der Waals surface area contributed by atoms with Crippen LogP contribution in [0.5, 0.6) is 11.5 Å². The molecule has 12 aliphatic rings. The molecule has 2 spiro atoms. The van der Waals surface area contributed by atoms with Gasteiger partial charge in [-0.05, 0) is 284 Å². The lowest BCUT2D eigenvalue weighted by molar-refractivity contribution is -0.114. The van der Waals surface area contributed by atoms with Gasteiger partial charge in [0.2, 0.25) is 17.3 Å². The number of carbonyl (C=O) groups excluding carboxylic acids is 3. The van der Waals surface area contributed by atoms with Crippen molar-refractivity contribution in [2.24, 2.45) is 32.1 Å². The highest BCUT2D eigenvalue weighted by Gasteiger charge is 2.50. The number of methoxy groups -OCH3 is 2. The molecule has 0 radical (unpaired) electrons. The minimum Gasteiger partial charge on any atom is -0.506 e. The fourth-order valence-corrected chi connectivity index (χ4v) is 25.2. The van der Waals surface area contributed by atoms with E-state index in [1.165, 1.54) is 79.3 Å². The van der Waals surface area contributed by atoms with Gasteiger partial charge in [0.05, 0.1) is 69.8 Å². The number of allylic oxidation sites excluding steroid dienone is 13. The molecule has 4 heterocycles. The zero-order valence-corrected chi connectivity index (χ0v) is 87.2. The molecule has 0 aromatic heterocycles. The van der Waals surface area contributed by atoms with Crippen molar-refractivity contribution in [3.63, 3.8) is 0 Å². The SMILES string of the molecule is CC(C)=NC(=C1C(=O)C(C2=C3C(=C(C)C2)c2cc(C(C)(C)C)cc4cc(C(C)(C)C)cc3c24)=C1O)C1C/C(=C/CC(C)(C)C)c2ccc(C(C)(C)C)cc21.CC1CC(C)CC2(C1)Nc1cccc3ccc(C4=C(O)C(=c5ccc6cccc7c6c5=NC5(CCCCC5)N7)C4=O)c(c13)N2.COc1ccc(B2N=c3c(=C4C(=O)C(c5ccc6cccc7c6c5NB(c5ccc(OC)cc5)N7)=C4O)ccc4cccc(c34)N2)cc1. The van der Waals surface area contributed by atoms with Crippen LogP contribution < -0.4 is 73.2 Å². The van der Waals surface area contributed by atoms with Crippen LogP contribution in [0.4, 0.5) is 34.1 Å². The predicted molar refractivity (Wildman–Crippen MR) is 603 cm³/mol. The van der Waals surface area contributed by atoms with Crippen LogP contribution in [0.25, 0.3) is 92.9 Å². The Kier molecular flexibility index (Phi) is 22.6. The minimum absolute atomic E-state index is 0.0159. The Hall–Kier alpha value is -14.7. The molecule has 0 amide bonds. The van der Waals surface area contributed by atoms with Gasteiger partial charge in [-0.1, -0.05) is 267 Å². The Labute approximate surface area is 854 Å². The van der Waals surface area contributed by atoms with Crippen LogP contribution in [0, 0.1) is 17.3 Å². The van der Waals surface area contributed by atoms with Crippen LogP contribution in [-0.4, -0.2) is 77.9 Å². The van der Waals surface area contributed by atoms with Gasteiger partial charge in [-0.15, -0.1) is 0 Å². The van der Waals surface area contributed by atoms with Crippen molar-refractivity contribution >= 4 is 175 Å². The highest BCUT2D eigenvalue weighted by molar-refractivity contribution is 6.80. The molecule has 17 nitrogen and oxygen atoms in total. The number of hydrogen-bond donors (Lipinski definition) is 9. The number of hydrogen-bond acceptors (Lipinski definition) is 17. The number of ketones is 3. The van der Waals surface area contributed by atoms with Crippen molar-refractivity contribution in [3.8, 4) is 11.5 Å². The fourth-order valence-electron chi connectivity index (χ4n) is 25.2. The first-order valence-corrected chi connectivity index (χ1v) is 52.2. The molecule has 25 rings (SSSR count). The third-order valence-electron chi connectivity index (χ3n) is 32.3. The number of nitrogens with zero attached hydrogens (tertiary/aromatic N) is 3. The monoisotopic (exact) mass is 1930 g/mol. The van der Waals surface area contributed by atoms with Gasteiger partial charge in [0.15, 0.2) is 0 Å². The molecule has 4 aliphatic heterocycles. The zero-order chi connectivity index (χ0) is 102. The number of aliphatic hydroxyl groups is 3. The summed E-state index contributed by atoms with van der Waals surface area (Å²) >= 11 is 0. The summed E-state index contributed by atoms with van der Waals surface area (Å²) in [6, 6.07) is 72.6. The molecule has 2 fully saturated rings. The lowest BCUT2D eigenvalue weighted by Gasteiger charge is -2.48. The Morgan fingerprint density at radius 3 is 1.54 bits per heavy atom. The van der Waals surface area contributed by atoms with Crippen LogP contribution in [0.15, 0.2) is 279 Å². The third-order valence-corrected chi connectivity index (χ3v) is 32.3. The lowest BCUT2D eigenvalue weighted by atomic mass is 9.65. The van der Waals surface area contributed by atoms with E-state index in [9.17, 15) is 29.7 Å². The van der Waals surface area contributed by atoms with Crippen molar-refractivity contribution in [3.05, 3.63) is 335 Å². The van der Waals surface area contributed by atoms with Crippen LogP contribution in [0.3, 0.4) is 0 Å². The van der Waals surface area contributed by atoms with Crippen LogP contribution in [0.1, 0.15) is 244 Å². The average Bonchev–Trinajstić information content (AvgIpc) is 1.51. The zero-order valence-electron chi connectivity index (χ0n) is 87.2. The number of rotatable bonds is 10. The summed E-state index contributed by atoms with van der Waals surface area (Å²) in [7, 11) is 3.28. The maximum Gasteiger partial charge on any atom is 0.427 e. The summed E-state index contributed by atoms with van der Waals surface area (Å²) in [5.74, 6) is 2.28. The van der Waals surface area contributed by atoms with Gasteiger partial charge in [-0.3, -0.25) is 24.4 Å². The molecule has 146 heavy (non-hydrogen) atoms. The predicted octanol–water partition coefficient (Wildman–Crippen LogP) is 25.6. The van der Waals surface area contributed by atoms with Crippen LogP contribution in [-0.2, 0) is 30.6 Å². The van der Waals surface area contributed by atoms with E-state index in [-0.39, 0.29) is 93.1 Å². The molecule has 3 unspecified atom stereocenters. The van der Waals surface area contributed by atoms with E-state index in [1.807, 2.05) is 141 Å². The molecule has 13 aromatic carbocycles. The third kappa shape index (κ3) is 15.9. The molecular weight excluding hydrogens is 1800 g/mol. The first-order chi connectivity index (χ1) is 69.7. The molecule has 8 aliphatic carbocycles. The summed E-state index contributed by atoms with van der Waals surface area (Å²) < 4.78 is 10.7.